The maximum absolute atomic E-state index is 6.06. The average Bonchev–Trinajstić information content (AvgIpc) is 2.97. The van der Waals surface area contributed by atoms with E-state index < -0.39 is 0 Å². The molecule has 2 bridgehead atoms. The van der Waals surface area contributed by atoms with Gasteiger partial charge >= 0.3 is 0 Å². The summed E-state index contributed by atoms with van der Waals surface area (Å²) < 4.78 is 0. The zero-order chi connectivity index (χ0) is 11.4. The molecule has 1 saturated heterocycles. The number of hydrogen-bond acceptors (Lipinski definition) is 2. The van der Waals surface area contributed by atoms with Crippen molar-refractivity contribution in [2.24, 2.45) is 35.3 Å². The summed E-state index contributed by atoms with van der Waals surface area (Å²) in [6.07, 6.45) is 10.4. The summed E-state index contributed by atoms with van der Waals surface area (Å²) in [5.41, 5.74) is 6.06. The van der Waals surface area contributed by atoms with E-state index in [-0.39, 0.29) is 0 Å². The van der Waals surface area contributed by atoms with Gasteiger partial charge in [-0.1, -0.05) is 12.2 Å². The largest absolute Gasteiger partial charge is 0.328 e. The predicted molar refractivity (Wildman–Crippen MR) is 69.5 cm³/mol. The van der Waals surface area contributed by atoms with Gasteiger partial charge in [-0.05, 0) is 55.3 Å². The SMILES string of the molecule is NC1CC2CN(CC3CC4C=CC3C4)C[C@@H]2C1. The highest BCUT2D eigenvalue weighted by Crippen LogP contribution is 2.45. The van der Waals surface area contributed by atoms with Gasteiger partial charge in [0.25, 0.3) is 0 Å². The van der Waals surface area contributed by atoms with Crippen molar-refractivity contribution in [3.05, 3.63) is 12.2 Å². The Bertz CT molecular complexity index is 324. The minimum Gasteiger partial charge on any atom is -0.328 e. The van der Waals surface area contributed by atoms with Gasteiger partial charge in [0.1, 0.15) is 0 Å². The van der Waals surface area contributed by atoms with Crippen LogP contribution in [0.4, 0.5) is 0 Å². The molecular weight excluding hydrogens is 208 g/mol. The number of allylic oxidation sites excluding steroid dienone is 2. The van der Waals surface area contributed by atoms with Gasteiger partial charge in [-0.3, -0.25) is 0 Å². The molecule has 0 spiro atoms. The van der Waals surface area contributed by atoms with Gasteiger partial charge < -0.3 is 10.6 Å². The molecule has 2 saturated carbocycles. The molecule has 0 radical (unpaired) electrons. The summed E-state index contributed by atoms with van der Waals surface area (Å²) in [4.78, 5) is 2.75. The van der Waals surface area contributed by atoms with E-state index in [0.29, 0.717) is 6.04 Å². The fourth-order valence-corrected chi connectivity index (χ4v) is 5.03. The quantitative estimate of drug-likeness (QED) is 0.736. The fraction of sp³-hybridized carbons (Fsp3) is 0.867. The first kappa shape index (κ1) is 10.6. The topological polar surface area (TPSA) is 29.3 Å². The molecule has 1 heterocycles. The van der Waals surface area contributed by atoms with Crippen LogP contribution in [0.1, 0.15) is 25.7 Å². The highest BCUT2D eigenvalue weighted by Gasteiger charge is 2.42. The van der Waals surface area contributed by atoms with Crippen LogP contribution in [0.15, 0.2) is 12.2 Å². The van der Waals surface area contributed by atoms with Crippen molar-refractivity contribution >= 4 is 0 Å². The lowest BCUT2D eigenvalue weighted by Gasteiger charge is -2.25. The van der Waals surface area contributed by atoms with Crippen LogP contribution < -0.4 is 5.73 Å². The van der Waals surface area contributed by atoms with E-state index in [0.717, 1.165) is 29.6 Å². The minimum atomic E-state index is 0.512. The molecule has 2 heteroatoms. The third-order valence-corrected chi connectivity index (χ3v) is 5.77. The summed E-state index contributed by atoms with van der Waals surface area (Å²) in [7, 11) is 0. The highest BCUT2D eigenvalue weighted by molar-refractivity contribution is 5.10. The number of hydrogen-bond donors (Lipinski definition) is 1. The second kappa shape index (κ2) is 3.83. The molecule has 5 unspecified atom stereocenters. The van der Waals surface area contributed by atoms with Crippen LogP contribution in [-0.4, -0.2) is 30.6 Å². The predicted octanol–water partition coefficient (Wildman–Crippen LogP) is 1.87. The monoisotopic (exact) mass is 232 g/mol. The molecule has 4 rings (SSSR count). The zero-order valence-electron chi connectivity index (χ0n) is 10.6. The highest BCUT2D eigenvalue weighted by atomic mass is 15.2. The zero-order valence-corrected chi connectivity index (χ0v) is 10.6. The first-order chi connectivity index (χ1) is 8.28. The van der Waals surface area contributed by atoms with Crippen LogP contribution in [0.5, 0.6) is 0 Å². The van der Waals surface area contributed by atoms with Crippen LogP contribution >= 0.6 is 0 Å². The maximum Gasteiger partial charge on any atom is 0.00452 e. The van der Waals surface area contributed by atoms with E-state index in [1.165, 1.54) is 45.3 Å². The minimum absolute atomic E-state index is 0.512. The summed E-state index contributed by atoms with van der Waals surface area (Å²) in [6, 6.07) is 0.512. The van der Waals surface area contributed by atoms with Crippen molar-refractivity contribution in [3.63, 3.8) is 0 Å². The molecule has 2 N–H and O–H groups in total. The van der Waals surface area contributed by atoms with Gasteiger partial charge in [-0.2, -0.15) is 0 Å². The Hall–Kier alpha value is -0.340. The lowest BCUT2D eigenvalue weighted by Crippen LogP contribution is -2.31. The molecule has 6 atom stereocenters. The fourth-order valence-electron chi connectivity index (χ4n) is 5.03. The van der Waals surface area contributed by atoms with Gasteiger partial charge in [0.2, 0.25) is 0 Å². The molecule has 0 aromatic rings. The van der Waals surface area contributed by atoms with Gasteiger partial charge in [0.15, 0.2) is 0 Å². The summed E-state index contributed by atoms with van der Waals surface area (Å²) in [5.74, 6) is 4.68. The van der Waals surface area contributed by atoms with Crippen molar-refractivity contribution in [3.8, 4) is 0 Å². The number of likely N-dealkylation sites (tertiary alicyclic amines) is 1. The van der Waals surface area contributed by atoms with E-state index in [1.807, 2.05) is 0 Å². The normalized spacial score (nSPS) is 52.5. The molecule has 2 nitrogen and oxygen atoms in total. The maximum atomic E-state index is 6.06. The number of nitrogens with zero attached hydrogens (tertiary/aromatic N) is 1. The van der Waals surface area contributed by atoms with Gasteiger partial charge in [-0.25, -0.2) is 0 Å². The second-order valence-corrected chi connectivity index (χ2v) is 7.01. The first-order valence-electron chi connectivity index (χ1n) is 7.44. The van der Waals surface area contributed by atoms with Gasteiger partial charge in [-0.15, -0.1) is 0 Å². The lowest BCUT2D eigenvalue weighted by molar-refractivity contribution is 0.238. The summed E-state index contributed by atoms with van der Waals surface area (Å²) in [6.45, 7) is 4.06. The number of fused-ring (bicyclic) bond motifs is 3. The Morgan fingerprint density at radius 3 is 2.35 bits per heavy atom. The van der Waals surface area contributed by atoms with Crippen LogP contribution in [0.3, 0.4) is 0 Å². The lowest BCUT2D eigenvalue weighted by atomic mass is 9.93. The molecule has 3 fully saturated rings. The smallest absolute Gasteiger partial charge is 0.00452 e. The third-order valence-electron chi connectivity index (χ3n) is 5.77. The van der Waals surface area contributed by atoms with Crippen LogP contribution in [-0.2, 0) is 0 Å². The van der Waals surface area contributed by atoms with Crippen LogP contribution in [0.25, 0.3) is 0 Å². The van der Waals surface area contributed by atoms with Crippen LogP contribution in [0, 0.1) is 29.6 Å². The van der Waals surface area contributed by atoms with E-state index in [9.17, 15) is 0 Å². The Morgan fingerprint density at radius 1 is 1.00 bits per heavy atom. The average molecular weight is 232 g/mol. The Kier molecular flexibility index (Phi) is 2.38. The molecule has 4 aliphatic rings. The number of rotatable bonds is 2. The van der Waals surface area contributed by atoms with E-state index in [1.54, 1.807) is 0 Å². The van der Waals surface area contributed by atoms with Gasteiger partial charge in [0, 0.05) is 25.7 Å². The Labute approximate surface area is 104 Å². The molecule has 0 aromatic heterocycles. The summed E-state index contributed by atoms with van der Waals surface area (Å²) in [5, 5.41) is 0. The van der Waals surface area contributed by atoms with Crippen LogP contribution in [0.2, 0.25) is 0 Å². The van der Waals surface area contributed by atoms with E-state index in [2.05, 4.69) is 17.1 Å². The van der Waals surface area contributed by atoms with Gasteiger partial charge in [0.05, 0.1) is 0 Å². The molecule has 17 heavy (non-hydrogen) atoms. The Morgan fingerprint density at radius 2 is 1.76 bits per heavy atom. The molecule has 94 valence electrons. The van der Waals surface area contributed by atoms with E-state index in [4.69, 9.17) is 5.73 Å². The second-order valence-electron chi connectivity index (χ2n) is 7.01. The molecule has 1 aliphatic heterocycles. The Balaban J connectivity index is 1.35. The van der Waals surface area contributed by atoms with Crippen molar-refractivity contribution < 1.29 is 0 Å². The van der Waals surface area contributed by atoms with E-state index >= 15 is 0 Å². The van der Waals surface area contributed by atoms with Crippen molar-refractivity contribution in [1.82, 2.24) is 4.90 Å². The van der Waals surface area contributed by atoms with Crippen molar-refractivity contribution in [2.45, 2.75) is 31.7 Å². The van der Waals surface area contributed by atoms with Crippen molar-refractivity contribution in [2.75, 3.05) is 19.6 Å². The molecule has 3 aliphatic carbocycles. The third kappa shape index (κ3) is 1.77. The molecular formula is C15H24N2. The first-order valence-corrected chi connectivity index (χ1v) is 7.44. The van der Waals surface area contributed by atoms with Crippen molar-refractivity contribution in [1.29, 1.82) is 0 Å². The number of nitrogens with two attached hydrogens (primary N) is 1. The summed E-state index contributed by atoms with van der Waals surface area (Å²) >= 11 is 0. The molecule has 0 amide bonds. The molecule has 0 aromatic carbocycles. The standard InChI is InChI=1S/C15H24N2/c16-15-5-13-8-17(9-14(13)6-15)7-12-4-10-1-2-11(12)3-10/h1-2,10-15H,3-9,16H2/t10?,11?,12?,13-,14?,15?/m0/s1.